The molecule has 0 unspecified atom stereocenters. The van der Waals surface area contributed by atoms with E-state index >= 15 is 0 Å². The van der Waals surface area contributed by atoms with Gasteiger partial charge in [-0.25, -0.2) is 4.79 Å². The first-order valence-corrected chi connectivity index (χ1v) is 12.4. The van der Waals surface area contributed by atoms with Gasteiger partial charge in [-0.2, -0.15) is 0 Å². The van der Waals surface area contributed by atoms with Gasteiger partial charge in [0.05, 0.1) is 17.8 Å². The van der Waals surface area contributed by atoms with Crippen LogP contribution in [0.25, 0.3) is 0 Å². The molecule has 0 spiro atoms. The molecule has 8 heteroatoms. The smallest absolute Gasteiger partial charge is 0.337 e. The van der Waals surface area contributed by atoms with Crippen LogP contribution >= 0.6 is 0 Å². The predicted octanol–water partition coefficient (Wildman–Crippen LogP) is 3.47. The maximum Gasteiger partial charge on any atom is 0.337 e. The van der Waals surface area contributed by atoms with Crippen molar-refractivity contribution in [2.75, 3.05) is 56.0 Å². The van der Waals surface area contributed by atoms with Gasteiger partial charge in [-0.3, -0.25) is 14.5 Å². The highest BCUT2D eigenvalue weighted by molar-refractivity contribution is 6.08. The summed E-state index contributed by atoms with van der Waals surface area (Å²) >= 11 is 0. The molecule has 2 aromatic carbocycles. The van der Waals surface area contributed by atoms with Gasteiger partial charge in [0.2, 0.25) is 5.91 Å². The van der Waals surface area contributed by atoms with Gasteiger partial charge in [0, 0.05) is 50.5 Å². The lowest BCUT2D eigenvalue weighted by molar-refractivity contribution is -0.132. The van der Waals surface area contributed by atoms with Crippen LogP contribution in [0.2, 0.25) is 0 Å². The largest absolute Gasteiger partial charge is 0.478 e. The van der Waals surface area contributed by atoms with Gasteiger partial charge < -0.3 is 20.2 Å². The molecule has 8 nitrogen and oxygen atoms in total. The summed E-state index contributed by atoms with van der Waals surface area (Å²) in [5, 5.41) is 12.5. The van der Waals surface area contributed by atoms with Crippen molar-refractivity contribution in [1.29, 1.82) is 0 Å². The lowest BCUT2D eigenvalue weighted by atomic mass is 10.1. The molecule has 2 heterocycles. The van der Waals surface area contributed by atoms with Crippen molar-refractivity contribution in [3.05, 3.63) is 59.2 Å². The lowest BCUT2D eigenvalue weighted by Gasteiger charge is -2.36. The summed E-state index contributed by atoms with van der Waals surface area (Å²) in [7, 11) is 0. The molecular weight excluding hydrogens is 444 g/mol. The molecule has 0 saturated carbocycles. The molecule has 186 valence electrons. The number of carboxylic acids is 1. The monoisotopic (exact) mass is 478 g/mol. The zero-order valence-corrected chi connectivity index (χ0v) is 20.3. The Morgan fingerprint density at radius 3 is 2.14 bits per heavy atom. The van der Waals surface area contributed by atoms with Crippen LogP contribution in [-0.2, 0) is 4.79 Å². The number of rotatable bonds is 6. The molecular formula is C27H34N4O4. The van der Waals surface area contributed by atoms with Crippen LogP contribution in [0.5, 0.6) is 0 Å². The van der Waals surface area contributed by atoms with E-state index in [4.69, 9.17) is 0 Å². The fourth-order valence-electron chi connectivity index (χ4n) is 4.69. The van der Waals surface area contributed by atoms with Gasteiger partial charge in [0.15, 0.2) is 0 Å². The van der Waals surface area contributed by atoms with Crippen LogP contribution in [0.3, 0.4) is 0 Å². The number of carbonyl (C=O) groups is 3. The van der Waals surface area contributed by atoms with E-state index in [9.17, 15) is 19.5 Å². The fourth-order valence-corrected chi connectivity index (χ4v) is 4.69. The summed E-state index contributed by atoms with van der Waals surface area (Å²) in [5.74, 6) is -1.22. The Kier molecular flexibility index (Phi) is 8.02. The lowest BCUT2D eigenvalue weighted by Crippen LogP contribution is -2.50. The number of anilines is 2. The van der Waals surface area contributed by atoms with Crippen LogP contribution in [-0.4, -0.2) is 78.5 Å². The van der Waals surface area contributed by atoms with E-state index in [-0.39, 0.29) is 23.1 Å². The first kappa shape index (κ1) is 24.7. The number of hydrogen-bond acceptors (Lipinski definition) is 5. The van der Waals surface area contributed by atoms with Crippen molar-refractivity contribution in [3.63, 3.8) is 0 Å². The second kappa shape index (κ2) is 11.4. The topological polar surface area (TPSA) is 93.2 Å². The summed E-state index contributed by atoms with van der Waals surface area (Å²) in [6.07, 6.45) is 4.59. The van der Waals surface area contributed by atoms with E-state index in [1.54, 1.807) is 24.3 Å². The highest BCUT2D eigenvalue weighted by Crippen LogP contribution is 2.25. The Balaban J connectivity index is 1.36. The highest BCUT2D eigenvalue weighted by atomic mass is 16.4. The van der Waals surface area contributed by atoms with E-state index < -0.39 is 5.97 Å². The summed E-state index contributed by atoms with van der Waals surface area (Å²) in [6, 6.07) is 12.2. The number of carbonyl (C=O) groups excluding carboxylic acids is 2. The number of amides is 2. The number of piperazine rings is 1. The van der Waals surface area contributed by atoms with Crippen molar-refractivity contribution in [2.24, 2.45) is 0 Å². The Hall–Kier alpha value is -3.39. The third-order valence-corrected chi connectivity index (χ3v) is 6.85. The van der Waals surface area contributed by atoms with Crippen molar-refractivity contribution in [3.8, 4) is 0 Å². The van der Waals surface area contributed by atoms with Crippen molar-refractivity contribution < 1.29 is 19.5 Å². The number of aromatic carboxylic acids is 1. The van der Waals surface area contributed by atoms with E-state index in [0.717, 1.165) is 50.3 Å². The van der Waals surface area contributed by atoms with Crippen LogP contribution in [0, 0.1) is 6.92 Å². The average molecular weight is 479 g/mol. The quantitative estimate of drug-likeness (QED) is 0.661. The van der Waals surface area contributed by atoms with Crippen LogP contribution < -0.4 is 10.2 Å². The second-order valence-corrected chi connectivity index (χ2v) is 9.41. The number of benzene rings is 2. The summed E-state index contributed by atoms with van der Waals surface area (Å²) in [6.45, 7) is 7.02. The number of hydrogen-bond donors (Lipinski definition) is 2. The van der Waals surface area contributed by atoms with E-state index in [1.807, 2.05) is 30.0 Å². The third kappa shape index (κ3) is 6.39. The summed E-state index contributed by atoms with van der Waals surface area (Å²) in [4.78, 5) is 43.6. The van der Waals surface area contributed by atoms with E-state index in [1.165, 1.54) is 12.8 Å². The molecule has 2 saturated heterocycles. The normalized spacial score (nSPS) is 17.1. The third-order valence-electron chi connectivity index (χ3n) is 6.85. The first-order chi connectivity index (χ1) is 16.9. The van der Waals surface area contributed by atoms with Gasteiger partial charge in [-0.05, 0) is 50.1 Å². The van der Waals surface area contributed by atoms with Crippen LogP contribution in [0.15, 0.2) is 42.5 Å². The molecule has 2 aliphatic heterocycles. The molecule has 2 aromatic rings. The summed E-state index contributed by atoms with van der Waals surface area (Å²) in [5.41, 5.74) is 2.65. The van der Waals surface area contributed by atoms with Gasteiger partial charge in [-0.15, -0.1) is 0 Å². The first-order valence-electron chi connectivity index (χ1n) is 12.4. The summed E-state index contributed by atoms with van der Waals surface area (Å²) < 4.78 is 0. The molecule has 0 aliphatic carbocycles. The average Bonchev–Trinajstić information content (AvgIpc) is 3.15. The number of likely N-dealkylation sites (tertiary alicyclic amines) is 1. The Bertz CT molecular complexity index is 1050. The molecule has 35 heavy (non-hydrogen) atoms. The molecule has 0 radical (unpaired) electrons. The van der Waals surface area contributed by atoms with Crippen molar-refractivity contribution >= 4 is 29.2 Å². The maximum atomic E-state index is 12.7. The minimum Gasteiger partial charge on any atom is -0.478 e. The fraction of sp³-hybridized carbons (Fsp3) is 0.444. The molecule has 2 N–H and O–H groups in total. The molecule has 2 fully saturated rings. The SMILES string of the molecule is Cc1ccc(C(=O)Nc2ccc(N3CCN(CC(=O)N4CCCCCC4)CC3)cc2C(=O)O)cc1. The van der Waals surface area contributed by atoms with E-state index in [2.05, 4.69) is 15.1 Å². The predicted molar refractivity (Wildman–Crippen MR) is 136 cm³/mol. The molecule has 4 rings (SSSR count). The molecule has 0 atom stereocenters. The second-order valence-electron chi connectivity index (χ2n) is 9.41. The van der Waals surface area contributed by atoms with E-state index in [0.29, 0.717) is 25.2 Å². The van der Waals surface area contributed by atoms with Crippen molar-refractivity contribution in [2.45, 2.75) is 32.6 Å². The van der Waals surface area contributed by atoms with Gasteiger partial charge in [0.1, 0.15) is 0 Å². The van der Waals surface area contributed by atoms with Gasteiger partial charge >= 0.3 is 5.97 Å². The minimum absolute atomic E-state index is 0.0572. The zero-order chi connectivity index (χ0) is 24.8. The highest BCUT2D eigenvalue weighted by Gasteiger charge is 2.24. The molecule has 2 aliphatic rings. The molecule has 2 amide bonds. The zero-order valence-electron chi connectivity index (χ0n) is 20.3. The molecule has 0 bridgehead atoms. The van der Waals surface area contributed by atoms with Crippen LogP contribution in [0.4, 0.5) is 11.4 Å². The number of nitrogens with one attached hydrogen (secondary N) is 1. The number of carboxylic acid groups (broad SMARTS) is 1. The number of aryl methyl sites for hydroxylation is 1. The van der Waals surface area contributed by atoms with Crippen LogP contribution in [0.1, 0.15) is 52.0 Å². The van der Waals surface area contributed by atoms with Crippen molar-refractivity contribution in [1.82, 2.24) is 9.80 Å². The maximum absolute atomic E-state index is 12.7. The standard InChI is InChI=1S/C27H34N4O4/c1-20-6-8-21(9-7-20)26(33)28-24-11-10-22(18-23(24)27(34)35)30-16-14-29(15-17-30)19-25(32)31-12-4-2-3-5-13-31/h6-11,18H,2-5,12-17,19H2,1H3,(H,28,33)(H,34,35). The minimum atomic E-state index is -1.09. The Morgan fingerprint density at radius 2 is 1.51 bits per heavy atom. The molecule has 0 aromatic heterocycles. The Morgan fingerprint density at radius 1 is 0.857 bits per heavy atom. The number of nitrogens with zero attached hydrogens (tertiary/aromatic N) is 3. The van der Waals surface area contributed by atoms with Gasteiger partial charge in [0.25, 0.3) is 5.91 Å². The Labute approximate surface area is 206 Å². The van der Waals surface area contributed by atoms with Gasteiger partial charge in [-0.1, -0.05) is 30.5 Å².